The van der Waals surface area contributed by atoms with Gasteiger partial charge in [-0.05, 0) is 60.2 Å². The van der Waals surface area contributed by atoms with Gasteiger partial charge in [-0.3, -0.25) is 4.79 Å². The second kappa shape index (κ2) is 7.47. The molecule has 3 aromatic carbocycles. The number of anilines is 3. The van der Waals surface area contributed by atoms with Crippen LogP contribution in [0.25, 0.3) is 0 Å². The van der Waals surface area contributed by atoms with Gasteiger partial charge in [0.25, 0.3) is 0 Å². The number of rotatable bonds is 3. The molecule has 4 aromatic rings. The van der Waals surface area contributed by atoms with Crippen molar-refractivity contribution in [3.8, 4) is 5.06 Å². The van der Waals surface area contributed by atoms with E-state index in [9.17, 15) is 4.79 Å². The van der Waals surface area contributed by atoms with E-state index in [2.05, 4.69) is 29.2 Å². The summed E-state index contributed by atoms with van der Waals surface area (Å²) in [5, 5.41) is 2.70. The number of carbonyl (C=O) groups is 1. The SMILES string of the molecule is Cc1csc(OC(=O)C2c3ccccc3N(c3ccccc3)c3ccccc32)c1C. The Labute approximate surface area is 180 Å². The Balaban J connectivity index is 1.65. The minimum Gasteiger partial charge on any atom is -0.414 e. The van der Waals surface area contributed by atoms with Gasteiger partial charge in [0.05, 0.1) is 11.4 Å². The summed E-state index contributed by atoms with van der Waals surface area (Å²) in [7, 11) is 0. The third-order valence-electron chi connectivity index (χ3n) is 5.66. The first kappa shape index (κ1) is 18.6. The van der Waals surface area contributed by atoms with E-state index >= 15 is 0 Å². The van der Waals surface area contributed by atoms with Gasteiger partial charge in [0.1, 0.15) is 5.92 Å². The molecule has 0 saturated carbocycles. The number of carbonyl (C=O) groups excluding carboxylic acids is 1. The number of nitrogens with zero attached hydrogens (tertiary/aromatic N) is 1. The maximum Gasteiger partial charge on any atom is 0.324 e. The van der Waals surface area contributed by atoms with Crippen LogP contribution in [0, 0.1) is 13.8 Å². The van der Waals surface area contributed by atoms with Gasteiger partial charge in [-0.15, -0.1) is 11.3 Å². The molecule has 148 valence electrons. The Morgan fingerprint density at radius 2 is 1.40 bits per heavy atom. The summed E-state index contributed by atoms with van der Waals surface area (Å²) < 4.78 is 5.92. The molecule has 1 aliphatic heterocycles. The van der Waals surface area contributed by atoms with Crippen LogP contribution in [-0.2, 0) is 4.79 Å². The Bertz CT molecular complexity index is 1180. The summed E-state index contributed by atoms with van der Waals surface area (Å²) in [6.45, 7) is 4.03. The van der Waals surface area contributed by atoms with Gasteiger partial charge in [0, 0.05) is 11.3 Å². The van der Waals surface area contributed by atoms with E-state index < -0.39 is 5.92 Å². The molecule has 3 nitrogen and oxygen atoms in total. The molecule has 1 aliphatic rings. The fourth-order valence-corrected chi connectivity index (χ4v) is 4.94. The summed E-state index contributed by atoms with van der Waals surface area (Å²) in [4.78, 5) is 15.7. The zero-order valence-corrected chi connectivity index (χ0v) is 17.6. The lowest BCUT2D eigenvalue weighted by molar-refractivity contribution is -0.134. The molecule has 0 atom stereocenters. The number of para-hydroxylation sites is 3. The van der Waals surface area contributed by atoms with E-state index in [1.54, 1.807) is 0 Å². The largest absolute Gasteiger partial charge is 0.414 e. The van der Waals surface area contributed by atoms with Crippen LogP contribution in [0.15, 0.2) is 84.2 Å². The number of esters is 1. The predicted molar refractivity (Wildman–Crippen MR) is 122 cm³/mol. The summed E-state index contributed by atoms with van der Waals surface area (Å²) in [5.41, 5.74) is 7.15. The highest BCUT2D eigenvalue weighted by molar-refractivity contribution is 7.12. The first-order chi connectivity index (χ1) is 14.6. The first-order valence-electron chi connectivity index (χ1n) is 9.94. The average Bonchev–Trinajstić information content (AvgIpc) is 3.10. The van der Waals surface area contributed by atoms with Crippen LogP contribution in [0.5, 0.6) is 5.06 Å². The third kappa shape index (κ3) is 3.01. The zero-order chi connectivity index (χ0) is 20.7. The molecule has 2 heterocycles. The molecule has 30 heavy (non-hydrogen) atoms. The van der Waals surface area contributed by atoms with Crippen LogP contribution in [0.1, 0.15) is 28.2 Å². The van der Waals surface area contributed by atoms with Crippen molar-refractivity contribution < 1.29 is 9.53 Å². The van der Waals surface area contributed by atoms with E-state index in [1.807, 2.05) is 73.8 Å². The topological polar surface area (TPSA) is 29.5 Å². The fraction of sp³-hybridized carbons (Fsp3) is 0.115. The number of fused-ring (bicyclic) bond motifs is 2. The second-order valence-electron chi connectivity index (χ2n) is 7.47. The second-order valence-corrected chi connectivity index (χ2v) is 8.32. The van der Waals surface area contributed by atoms with Crippen molar-refractivity contribution in [3.63, 3.8) is 0 Å². The third-order valence-corrected chi connectivity index (χ3v) is 6.74. The monoisotopic (exact) mass is 411 g/mol. The van der Waals surface area contributed by atoms with Gasteiger partial charge in [-0.2, -0.15) is 0 Å². The average molecular weight is 412 g/mol. The maximum absolute atomic E-state index is 13.5. The smallest absolute Gasteiger partial charge is 0.324 e. The van der Waals surface area contributed by atoms with Crippen LogP contribution < -0.4 is 9.64 Å². The van der Waals surface area contributed by atoms with E-state index in [4.69, 9.17) is 4.74 Å². The number of hydrogen-bond donors (Lipinski definition) is 0. The van der Waals surface area contributed by atoms with Gasteiger partial charge in [0.15, 0.2) is 5.06 Å². The Hall–Kier alpha value is -3.37. The molecule has 0 unspecified atom stereocenters. The van der Waals surface area contributed by atoms with Gasteiger partial charge in [-0.25, -0.2) is 0 Å². The van der Waals surface area contributed by atoms with E-state index in [1.165, 1.54) is 11.3 Å². The van der Waals surface area contributed by atoms with Crippen molar-refractivity contribution in [3.05, 3.63) is 106 Å². The number of thiophene rings is 1. The Morgan fingerprint density at radius 1 is 0.833 bits per heavy atom. The molecule has 5 rings (SSSR count). The van der Waals surface area contributed by atoms with Crippen molar-refractivity contribution in [1.29, 1.82) is 0 Å². The van der Waals surface area contributed by atoms with Crippen LogP contribution in [-0.4, -0.2) is 5.97 Å². The minimum atomic E-state index is -0.473. The number of benzene rings is 3. The highest BCUT2D eigenvalue weighted by Gasteiger charge is 2.36. The molecule has 0 spiro atoms. The molecular formula is C26H21NO2S. The zero-order valence-electron chi connectivity index (χ0n) is 16.8. The summed E-state index contributed by atoms with van der Waals surface area (Å²) in [6.07, 6.45) is 0. The Morgan fingerprint density at radius 3 is 1.97 bits per heavy atom. The molecular weight excluding hydrogens is 390 g/mol. The van der Waals surface area contributed by atoms with Crippen molar-refractivity contribution in [1.82, 2.24) is 0 Å². The van der Waals surface area contributed by atoms with Crippen LogP contribution in [0.4, 0.5) is 17.1 Å². The maximum atomic E-state index is 13.5. The molecule has 0 fully saturated rings. The van der Waals surface area contributed by atoms with Gasteiger partial charge >= 0.3 is 5.97 Å². The predicted octanol–water partition coefficient (Wildman–Crippen LogP) is 6.89. The lowest BCUT2D eigenvalue weighted by Gasteiger charge is -2.36. The fourth-order valence-electron chi connectivity index (χ4n) is 4.01. The van der Waals surface area contributed by atoms with E-state index in [0.29, 0.717) is 5.06 Å². The van der Waals surface area contributed by atoms with Gasteiger partial charge < -0.3 is 9.64 Å². The molecule has 0 aliphatic carbocycles. The molecule has 0 radical (unpaired) electrons. The van der Waals surface area contributed by atoms with Crippen LogP contribution >= 0.6 is 11.3 Å². The van der Waals surface area contributed by atoms with Crippen molar-refractivity contribution >= 4 is 34.4 Å². The normalized spacial score (nSPS) is 12.9. The quantitative estimate of drug-likeness (QED) is 0.344. The first-order valence-corrected chi connectivity index (χ1v) is 10.8. The van der Waals surface area contributed by atoms with Crippen molar-refractivity contribution in [2.45, 2.75) is 19.8 Å². The van der Waals surface area contributed by atoms with Crippen LogP contribution in [0.3, 0.4) is 0 Å². The van der Waals surface area contributed by atoms with Crippen molar-refractivity contribution in [2.75, 3.05) is 4.90 Å². The number of aryl methyl sites for hydroxylation is 1. The van der Waals surface area contributed by atoms with E-state index in [-0.39, 0.29) is 5.97 Å². The summed E-state index contributed by atoms with van der Waals surface area (Å²) >= 11 is 1.48. The number of hydrogen-bond acceptors (Lipinski definition) is 4. The highest BCUT2D eigenvalue weighted by Crippen LogP contribution is 2.49. The minimum absolute atomic E-state index is 0.243. The summed E-state index contributed by atoms with van der Waals surface area (Å²) in [5.74, 6) is -0.716. The van der Waals surface area contributed by atoms with Crippen molar-refractivity contribution in [2.24, 2.45) is 0 Å². The standard InChI is InChI=1S/C26H21NO2S/c1-17-16-30-26(18(17)2)29-25(28)24-20-12-6-8-14-22(20)27(19-10-4-3-5-11-19)23-15-9-7-13-21(23)24/h3-16,24H,1-2H3. The molecule has 0 bridgehead atoms. The highest BCUT2D eigenvalue weighted by atomic mass is 32.1. The molecule has 1 aromatic heterocycles. The molecule has 4 heteroatoms. The molecule has 0 N–H and O–H groups in total. The van der Waals surface area contributed by atoms with Gasteiger partial charge in [-0.1, -0.05) is 54.6 Å². The summed E-state index contributed by atoms with van der Waals surface area (Å²) in [6, 6.07) is 26.4. The number of ether oxygens (including phenoxy) is 1. The lowest BCUT2D eigenvalue weighted by Crippen LogP contribution is -2.28. The molecule has 0 amide bonds. The molecule has 0 saturated heterocycles. The van der Waals surface area contributed by atoms with Gasteiger partial charge in [0.2, 0.25) is 0 Å². The Kier molecular flexibility index (Phi) is 4.64. The van der Waals surface area contributed by atoms with Crippen LogP contribution in [0.2, 0.25) is 0 Å². The lowest BCUT2D eigenvalue weighted by atomic mass is 9.84. The van der Waals surface area contributed by atoms with E-state index in [0.717, 1.165) is 39.3 Å².